The molecule has 108 valence electrons. The van der Waals surface area contributed by atoms with Crippen LogP contribution in [0.5, 0.6) is 0 Å². The second-order valence-corrected chi connectivity index (χ2v) is 6.29. The van der Waals surface area contributed by atoms with Crippen LogP contribution in [-0.4, -0.2) is 12.6 Å². The molecule has 0 aliphatic carbocycles. The summed E-state index contributed by atoms with van der Waals surface area (Å²) in [6.07, 6.45) is 0.368. The van der Waals surface area contributed by atoms with E-state index < -0.39 is 11.4 Å². The lowest BCUT2D eigenvalue weighted by atomic mass is 9.83. The van der Waals surface area contributed by atoms with Crippen molar-refractivity contribution >= 4 is 5.97 Å². The van der Waals surface area contributed by atoms with Crippen molar-refractivity contribution in [3.8, 4) is 6.07 Å². The summed E-state index contributed by atoms with van der Waals surface area (Å²) < 4.78 is 4.99. The predicted molar refractivity (Wildman–Crippen MR) is 79.2 cm³/mol. The van der Waals surface area contributed by atoms with Gasteiger partial charge in [-0.15, -0.1) is 0 Å². The first-order valence-corrected chi connectivity index (χ1v) is 6.91. The van der Waals surface area contributed by atoms with E-state index in [4.69, 9.17) is 4.74 Å². The number of nitrogens with zero attached hydrogens (tertiary/aromatic N) is 1. The van der Waals surface area contributed by atoms with Gasteiger partial charge in [-0.2, -0.15) is 5.26 Å². The highest BCUT2D eigenvalue weighted by Gasteiger charge is 2.35. The Bertz CT molecular complexity index is 505. The Labute approximate surface area is 121 Å². The van der Waals surface area contributed by atoms with Gasteiger partial charge in [-0.1, -0.05) is 45.0 Å². The van der Waals surface area contributed by atoms with Gasteiger partial charge in [-0.25, -0.2) is 0 Å². The van der Waals surface area contributed by atoms with E-state index in [1.54, 1.807) is 13.8 Å². The fourth-order valence-corrected chi connectivity index (χ4v) is 1.98. The van der Waals surface area contributed by atoms with Gasteiger partial charge in [0.2, 0.25) is 0 Å². The molecule has 0 N–H and O–H groups in total. The largest absolute Gasteiger partial charge is 0.465 e. The molecule has 0 spiro atoms. The number of benzene rings is 1. The molecular weight excluding hydrogens is 250 g/mol. The van der Waals surface area contributed by atoms with E-state index in [2.05, 4.69) is 39.0 Å². The summed E-state index contributed by atoms with van der Waals surface area (Å²) in [5.74, 6) is -0.456. The van der Waals surface area contributed by atoms with Crippen molar-refractivity contribution in [2.75, 3.05) is 6.61 Å². The third-order valence-corrected chi connectivity index (χ3v) is 3.35. The smallest absolute Gasteiger partial charge is 0.326 e. The van der Waals surface area contributed by atoms with E-state index in [1.807, 2.05) is 12.1 Å². The van der Waals surface area contributed by atoms with E-state index in [0.29, 0.717) is 13.0 Å². The number of carbonyl (C=O) groups excluding carboxylic acids is 1. The van der Waals surface area contributed by atoms with Crippen LogP contribution < -0.4 is 0 Å². The number of hydrogen-bond donors (Lipinski definition) is 0. The fraction of sp³-hybridized carbons (Fsp3) is 0.529. The summed E-state index contributed by atoms with van der Waals surface area (Å²) in [6, 6.07) is 10.2. The first-order chi connectivity index (χ1) is 9.23. The Kier molecular flexibility index (Phi) is 4.94. The molecule has 0 heterocycles. The standard InChI is InChI=1S/C17H23NO2/c1-6-20-15(19)17(5,12-18)11-13-7-9-14(10-8-13)16(2,3)4/h7-10H,6,11H2,1-5H3. The minimum atomic E-state index is -1.13. The summed E-state index contributed by atoms with van der Waals surface area (Å²) >= 11 is 0. The molecule has 0 aromatic heterocycles. The summed E-state index contributed by atoms with van der Waals surface area (Å²) in [6.45, 7) is 10.1. The van der Waals surface area contributed by atoms with Crippen LogP contribution in [0, 0.1) is 16.7 Å². The summed E-state index contributed by atoms with van der Waals surface area (Å²) in [5.41, 5.74) is 1.17. The molecule has 1 atom stereocenters. The van der Waals surface area contributed by atoms with Crippen LogP contribution in [0.25, 0.3) is 0 Å². The Morgan fingerprint density at radius 3 is 2.15 bits per heavy atom. The maximum Gasteiger partial charge on any atom is 0.326 e. The van der Waals surface area contributed by atoms with Gasteiger partial charge in [0.25, 0.3) is 0 Å². The predicted octanol–water partition coefficient (Wildman–Crippen LogP) is 3.62. The van der Waals surface area contributed by atoms with Crippen molar-refractivity contribution in [1.82, 2.24) is 0 Å². The summed E-state index contributed by atoms with van der Waals surface area (Å²) in [7, 11) is 0. The Hall–Kier alpha value is -1.82. The first kappa shape index (κ1) is 16.2. The van der Waals surface area contributed by atoms with Gasteiger partial charge in [0.15, 0.2) is 5.41 Å². The highest BCUT2D eigenvalue weighted by Crippen LogP contribution is 2.26. The molecule has 0 radical (unpaired) electrons. The lowest BCUT2D eigenvalue weighted by molar-refractivity contribution is -0.151. The van der Waals surface area contributed by atoms with Gasteiger partial charge < -0.3 is 4.74 Å². The number of carbonyl (C=O) groups is 1. The molecule has 1 aromatic carbocycles. The quantitative estimate of drug-likeness (QED) is 0.787. The maximum absolute atomic E-state index is 11.9. The molecule has 0 amide bonds. The average Bonchev–Trinajstić information content (AvgIpc) is 2.38. The van der Waals surface area contributed by atoms with Gasteiger partial charge in [-0.3, -0.25) is 4.79 Å². The molecule has 1 aromatic rings. The molecule has 0 bridgehead atoms. The molecule has 3 nitrogen and oxygen atoms in total. The molecular formula is C17H23NO2. The summed E-state index contributed by atoms with van der Waals surface area (Å²) in [4.78, 5) is 11.9. The normalized spacial score (nSPS) is 14.2. The van der Waals surface area contributed by atoms with E-state index in [-0.39, 0.29) is 5.41 Å². The highest BCUT2D eigenvalue weighted by atomic mass is 16.5. The minimum absolute atomic E-state index is 0.0954. The zero-order valence-electron chi connectivity index (χ0n) is 13.0. The van der Waals surface area contributed by atoms with Crippen molar-refractivity contribution in [2.45, 2.75) is 46.5 Å². The fourth-order valence-electron chi connectivity index (χ4n) is 1.98. The van der Waals surface area contributed by atoms with Crippen molar-refractivity contribution in [1.29, 1.82) is 5.26 Å². The third kappa shape index (κ3) is 3.84. The molecule has 0 saturated heterocycles. The monoisotopic (exact) mass is 273 g/mol. The lowest BCUT2D eigenvalue weighted by Crippen LogP contribution is -2.30. The second-order valence-electron chi connectivity index (χ2n) is 6.29. The number of esters is 1. The maximum atomic E-state index is 11.9. The SMILES string of the molecule is CCOC(=O)C(C)(C#N)Cc1ccc(C(C)(C)C)cc1. The van der Waals surface area contributed by atoms with Gasteiger partial charge in [0.05, 0.1) is 12.7 Å². The Balaban J connectivity index is 2.92. The van der Waals surface area contributed by atoms with Crippen molar-refractivity contribution in [3.05, 3.63) is 35.4 Å². The number of rotatable bonds is 4. The van der Waals surface area contributed by atoms with Crippen LogP contribution in [0.3, 0.4) is 0 Å². The third-order valence-electron chi connectivity index (χ3n) is 3.35. The molecule has 1 rings (SSSR count). The number of ether oxygens (including phenoxy) is 1. The van der Waals surface area contributed by atoms with Crippen LogP contribution in [0.4, 0.5) is 0 Å². The molecule has 0 saturated carbocycles. The molecule has 0 fully saturated rings. The molecule has 0 aliphatic heterocycles. The van der Waals surface area contributed by atoms with E-state index >= 15 is 0 Å². The Morgan fingerprint density at radius 1 is 1.20 bits per heavy atom. The Morgan fingerprint density at radius 2 is 1.75 bits per heavy atom. The van der Waals surface area contributed by atoms with Gasteiger partial charge in [-0.05, 0) is 30.4 Å². The first-order valence-electron chi connectivity index (χ1n) is 6.91. The zero-order valence-corrected chi connectivity index (χ0v) is 13.0. The van der Waals surface area contributed by atoms with E-state index in [9.17, 15) is 10.1 Å². The zero-order chi connectivity index (χ0) is 15.4. The molecule has 20 heavy (non-hydrogen) atoms. The molecule has 0 aliphatic rings. The van der Waals surface area contributed by atoms with E-state index in [0.717, 1.165) is 5.56 Å². The highest BCUT2D eigenvalue weighted by molar-refractivity contribution is 5.80. The van der Waals surface area contributed by atoms with Crippen molar-refractivity contribution < 1.29 is 9.53 Å². The molecule has 3 heteroatoms. The van der Waals surface area contributed by atoms with Gasteiger partial charge in [0, 0.05) is 6.42 Å². The summed E-state index contributed by atoms with van der Waals surface area (Å²) in [5, 5.41) is 9.28. The van der Waals surface area contributed by atoms with Crippen LogP contribution >= 0.6 is 0 Å². The van der Waals surface area contributed by atoms with Crippen LogP contribution in [0.2, 0.25) is 0 Å². The van der Waals surface area contributed by atoms with E-state index in [1.165, 1.54) is 5.56 Å². The van der Waals surface area contributed by atoms with Gasteiger partial charge in [0.1, 0.15) is 0 Å². The number of hydrogen-bond acceptors (Lipinski definition) is 3. The average molecular weight is 273 g/mol. The van der Waals surface area contributed by atoms with Gasteiger partial charge >= 0.3 is 5.97 Å². The molecule has 1 unspecified atom stereocenters. The van der Waals surface area contributed by atoms with Crippen LogP contribution in [0.15, 0.2) is 24.3 Å². The van der Waals surface area contributed by atoms with Crippen LogP contribution in [-0.2, 0) is 21.4 Å². The number of nitriles is 1. The second kappa shape index (κ2) is 6.09. The minimum Gasteiger partial charge on any atom is -0.465 e. The topological polar surface area (TPSA) is 50.1 Å². The van der Waals surface area contributed by atoms with Crippen molar-refractivity contribution in [3.63, 3.8) is 0 Å². The van der Waals surface area contributed by atoms with Crippen molar-refractivity contribution in [2.24, 2.45) is 5.41 Å². The lowest BCUT2D eigenvalue weighted by Gasteiger charge is -2.21. The van der Waals surface area contributed by atoms with Crippen LogP contribution in [0.1, 0.15) is 45.7 Å².